The molecule has 0 heterocycles. The van der Waals surface area contributed by atoms with E-state index in [1.807, 2.05) is 121 Å². The highest BCUT2D eigenvalue weighted by Gasteiger charge is 2.67. The zero-order valence-electron chi connectivity index (χ0n) is 20.4. The molecule has 0 bridgehead atoms. The molecule has 0 N–H and O–H groups in total. The smallest absolute Gasteiger partial charge is 0.325 e. The van der Waals surface area contributed by atoms with E-state index < -0.39 is 29.6 Å². The van der Waals surface area contributed by atoms with Crippen LogP contribution >= 0.6 is 0 Å². The Labute approximate surface area is 217 Å². The Morgan fingerprint density at radius 2 is 0.919 bits per heavy atom. The van der Waals surface area contributed by atoms with Crippen molar-refractivity contribution in [2.24, 2.45) is 11.3 Å². The Kier molecular flexibility index (Phi) is 7.00. The first-order valence-corrected chi connectivity index (χ1v) is 12.4. The van der Waals surface area contributed by atoms with Gasteiger partial charge >= 0.3 is 11.9 Å². The van der Waals surface area contributed by atoms with E-state index in [2.05, 4.69) is 6.58 Å². The molecule has 1 unspecified atom stereocenters. The van der Waals surface area contributed by atoms with Crippen molar-refractivity contribution >= 4 is 11.9 Å². The van der Waals surface area contributed by atoms with Crippen LogP contribution in [0.5, 0.6) is 0 Å². The van der Waals surface area contributed by atoms with Gasteiger partial charge in [-0.25, -0.2) is 0 Å². The molecular formula is C33H28O4. The monoisotopic (exact) mass is 488 g/mol. The molecule has 37 heavy (non-hydrogen) atoms. The lowest BCUT2D eigenvalue weighted by Crippen LogP contribution is -2.33. The minimum Gasteiger partial charge on any atom is -0.452 e. The summed E-state index contributed by atoms with van der Waals surface area (Å²) in [5, 5.41) is 0. The molecule has 1 aliphatic rings. The minimum absolute atomic E-state index is 0.306. The van der Waals surface area contributed by atoms with E-state index in [4.69, 9.17) is 9.47 Å². The van der Waals surface area contributed by atoms with Crippen LogP contribution in [0, 0.1) is 11.3 Å². The molecule has 1 saturated carbocycles. The molecule has 4 nitrogen and oxygen atoms in total. The molecule has 4 aromatic carbocycles. The highest BCUT2D eigenvalue weighted by atomic mass is 16.6. The lowest BCUT2D eigenvalue weighted by atomic mass is 9.99. The van der Waals surface area contributed by atoms with Crippen LogP contribution in [-0.4, -0.2) is 11.9 Å². The van der Waals surface area contributed by atoms with Crippen LogP contribution < -0.4 is 0 Å². The van der Waals surface area contributed by atoms with Gasteiger partial charge in [0.25, 0.3) is 0 Å². The number of allylic oxidation sites excluding steroid dienone is 1. The molecule has 0 aromatic heterocycles. The van der Waals surface area contributed by atoms with E-state index in [1.54, 1.807) is 6.08 Å². The minimum atomic E-state index is -1.43. The first kappa shape index (κ1) is 24.3. The van der Waals surface area contributed by atoms with Crippen LogP contribution in [0.4, 0.5) is 0 Å². The molecule has 1 aliphatic carbocycles. The third kappa shape index (κ3) is 4.96. The van der Waals surface area contributed by atoms with E-state index in [1.165, 1.54) is 0 Å². The van der Waals surface area contributed by atoms with Gasteiger partial charge in [0.05, 0.1) is 0 Å². The zero-order chi connectivity index (χ0) is 25.7. The second-order valence-electron chi connectivity index (χ2n) is 9.23. The maximum Gasteiger partial charge on any atom is 0.325 e. The van der Waals surface area contributed by atoms with Crippen molar-refractivity contribution in [1.82, 2.24) is 0 Å². The van der Waals surface area contributed by atoms with Crippen molar-refractivity contribution < 1.29 is 19.1 Å². The summed E-state index contributed by atoms with van der Waals surface area (Å²) in [7, 11) is 0. The van der Waals surface area contributed by atoms with Crippen LogP contribution in [0.2, 0.25) is 0 Å². The highest BCUT2D eigenvalue weighted by molar-refractivity contribution is 6.04. The van der Waals surface area contributed by atoms with E-state index in [0.29, 0.717) is 6.42 Å². The molecule has 0 amide bonds. The maximum absolute atomic E-state index is 13.8. The standard InChI is InChI=1S/C33H28O4/c1-2-28-23-33(28,31(34)36-29(24-15-7-3-8-16-24)25-17-9-4-10-18-25)32(35)37-30(26-19-11-5-12-20-26)27-21-13-6-14-22-27/h2-22,28-30H,1,23H2. The summed E-state index contributed by atoms with van der Waals surface area (Å²) in [5.74, 6) is -1.55. The van der Waals surface area contributed by atoms with Gasteiger partial charge in [-0.1, -0.05) is 127 Å². The fourth-order valence-electron chi connectivity index (χ4n) is 4.72. The predicted molar refractivity (Wildman–Crippen MR) is 142 cm³/mol. The predicted octanol–water partition coefficient (Wildman–Crippen LogP) is 6.84. The summed E-state index contributed by atoms with van der Waals surface area (Å²) in [6.45, 7) is 3.86. The van der Waals surface area contributed by atoms with E-state index in [9.17, 15) is 9.59 Å². The average Bonchev–Trinajstić information content (AvgIpc) is 3.72. The van der Waals surface area contributed by atoms with Gasteiger partial charge in [-0.15, -0.1) is 6.58 Å². The molecule has 1 atom stereocenters. The van der Waals surface area contributed by atoms with E-state index in [0.717, 1.165) is 22.3 Å². The second kappa shape index (κ2) is 10.7. The quantitative estimate of drug-likeness (QED) is 0.147. The van der Waals surface area contributed by atoms with E-state index in [-0.39, 0.29) is 5.92 Å². The van der Waals surface area contributed by atoms with Crippen LogP contribution in [0.25, 0.3) is 0 Å². The van der Waals surface area contributed by atoms with Crippen molar-refractivity contribution in [2.75, 3.05) is 0 Å². The molecule has 0 radical (unpaired) electrons. The van der Waals surface area contributed by atoms with Gasteiger partial charge in [0, 0.05) is 5.92 Å². The molecule has 4 aromatic rings. The molecular weight excluding hydrogens is 460 g/mol. The number of hydrogen-bond acceptors (Lipinski definition) is 4. The number of carbonyl (C=O) groups excluding carboxylic acids is 2. The summed E-state index contributed by atoms with van der Waals surface area (Å²) in [6, 6.07) is 38.1. The second-order valence-corrected chi connectivity index (χ2v) is 9.23. The SMILES string of the molecule is C=CC1CC1(C(=O)OC(c1ccccc1)c1ccccc1)C(=O)OC(c1ccccc1)c1ccccc1. The van der Waals surface area contributed by atoms with Gasteiger partial charge in [0.2, 0.25) is 0 Å². The zero-order valence-corrected chi connectivity index (χ0v) is 20.4. The Bertz CT molecular complexity index is 1170. The van der Waals surface area contributed by atoms with Crippen molar-refractivity contribution in [3.8, 4) is 0 Å². The summed E-state index contributed by atoms with van der Waals surface area (Å²) in [5.41, 5.74) is 1.88. The fourth-order valence-corrected chi connectivity index (χ4v) is 4.72. The average molecular weight is 489 g/mol. The number of esters is 2. The molecule has 5 rings (SSSR count). The van der Waals surface area contributed by atoms with E-state index >= 15 is 0 Å². The van der Waals surface area contributed by atoms with Gasteiger partial charge in [-0.05, 0) is 28.7 Å². The lowest BCUT2D eigenvalue weighted by molar-refractivity contribution is -0.169. The van der Waals surface area contributed by atoms with Crippen LogP contribution in [0.1, 0.15) is 40.9 Å². The highest BCUT2D eigenvalue weighted by Crippen LogP contribution is 2.56. The maximum atomic E-state index is 13.8. The van der Waals surface area contributed by atoms with Crippen molar-refractivity contribution in [2.45, 2.75) is 18.6 Å². The van der Waals surface area contributed by atoms with Gasteiger partial charge < -0.3 is 9.47 Å². The Morgan fingerprint density at radius 3 is 1.16 bits per heavy atom. The van der Waals surface area contributed by atoms with Crippen molar-refractivity contribution in [1.29, 1.82) is 0 Å². The third-order valence-corrected chi connectivity index (χ3v) is 6.89. The summed E-state index contributed by atoms with van der Waals surface area (Å²) in [4.78, 5) is 27.6. The number of benzene rings is 4. The summed E-state index contributed by atoms with van der Waals surface area (Å²) in [6.07, 6.45) is 0.651. The summed E-state index contributed by atoms with van der Waals surface area (Å²) < 4.78 is 12.2. The molecule has 1 fully saturated rings. The first-order chi connectivity index (χ1) is 18.1. The molecule has 184 valence electrons. The Hall–Kier alpha value is -4.44. The fraction of sp³-hybridized carbons (Fsp3) is 0.152. The van der Waals surface area contributed by atoms with Gasteiger partial charge in [0.1, 0.15) is 0 Å². The number of rotatable bonds is 9. The van der Waals surface area contributed by atoms with Crippen LogP contribution in [0.3, 0.4) is 0 Å². The van der Waals surface area contributed by atoms with Gasteiger partial charge in [-0.3, -0.25) is 9.59 Å². The lowest BCUT2D eigenvalue weighted by Gasteiger charge is -2.25. The van der Waals surface area contributed by atoms with Crippen molar-refractivity contribution in [3.05, 3.63) is 156 Å². The van der Waals surface area contributed by atoms with Crippen LogP contribution in [-0.2, 0) is 19.1 Å². The Balaban J connectivity index is 1.45. The topological polar surface area (TPSA) is 52.6 Å². The third-order valence-electron chi connectivity index (χ3n) is 6.89. The first-order valence-electron chi connectivity index (χ1n) is 12.4. The van der Waals surface area contributed by atoms with Gasteiger partial charge in [0.15, 0.2) is 17.6 Å². The normalized spacial score (nSPS) is 15.7. The molecule has 0 saturated heterocycles. The molecule has 4 heteroatoms. The van der Waals surface area contributed by atoms with Crippen LogP contribution in [0.15, 0.2) is 134 Å². The number of carbonyl (C=O) groups is 2. The Morgan fingerprint density at radius 1 is 0.622 bits per heavy atom. The van der Waals surface area contributed by atoms with Crippen molar-refractivity contribution in [3.63, 3.8) is 0 Å². The largest absolute Gasteiger partial charge is 0.452 e. The number of hydrogen-bond donors (Lipinski definition) is 0. The summed E-state index contributed by atoms with van der Waals surface area (Å²) >= 11 is 0. The number of ether oxygens (including phenoxy) is 2. The molecule has 0 spiro atoms. The van der Waals surface area contributed by atoms with Gasteiger partial charge in [-0.2, -0.15) is 0 Å². The molecule has 0 aliphatic heterocycles.